The maximum absolute atomic E-state index is 12.9. The van der Waals surface area contributed by atoms with Gasteiger partial charge in [0.25, 0.3) is 0 Å². The van der Waals surface area contributed by atoms with E-state index in [1.165, 1.54) is 43.0 Å². The van der Waals surface area contributed by atoms with Crippen molar-refractivity contribution >= 4 is 48.1 Å². The lowest BCUT2D eigenvalue weighted by Gasteiger charge is -2.26. The van der Waals surface area contributed by atoms with Gasteiger partial charge in [-0.25, -0.2) is 4.79 Å². The summed E-state index contributed by atoms with van der Waals surface area (Å²) in [6, 6.07) is 1.04. The molecule has 3 amide bonds. The highest BCUT2D eigenvalue weighted by Gasteiger charge is 2.32. The molecule has 1 rings (SSSR count). The predicted molar refractivity (Wildman–Crippen MR) is 132 cm³/mol. The Balaban J connectivity index is 3.05. The lowest BCUT2D eigenvalue weighted by atomic mass is 10.0. The first-order valence-corrected chi connectivity index (χ1v) is 12.5. The number of rotatable bonds is 14. The van der Waals surface area contributed by atoms with Crippen molar-refractivity contribution in [2.75, 3.05) is 17.8 Å². The number of phenolic OH excluding ortho intramolecular Hbond substituents is 1. The number of thiol groups is 1. The molecule has 0 aliphatic carbocycles. The molecule has 0 saturated heterocycles. The number of nitrogens with two attached hydrogens (primary N) is 1. The average molecular weight is 517 g/mol. The van der Waals surface area contributed by atoms with Crippen LogP contribution >= 0.6 is 24.4 Å². The summed E-state index contributed by atoms with van der Waals surface area (Å²) in [5, 5.41) is 35.9. The van der Waals surface area contributed by atoms with Crippen molar-refractivity contribution in [3.05, 3.63) is 29.8 Å². The number of amides is 3. The summed E-state index contributed by atoms with van der Waals surface area (Å²) in [6.45, 7) is 1.30. The monoisotopic (exact) mass is 516 g/mol. The van der Waals surface area contributed by atoms with Crippen LogP contribution in [0.4, 0.5) is 0 Å². The first-order valence-electron chi connectivity index (χ1n) is 10.4. The molecule has 5 atom stereocenters. The van der Waals surface area contributed by atoms with Crippen LogP contribution in [0.5, 0.6) is 5.75 Å². The fourth-order valence-corrected chi connectivity index (χ4v) is 3.57. The number of aliphatic hydroxyl groups is 1. The van der Waals surface area contributed by atoms with Gasteiger partial charge in [-0.15, -0.1) is 0 Å². The van der Waals surface area contributed by atoms with Crippen LogP contribution in [0.3, 0.4) is 0 Å². The highest BCUT2D eigenvalue weighted by atomic mass is 32.2. The molecule has 0 fully saturated rings. The van der Waals surface area contributed by atoms with Crippen molar-refractivity contribution in [3.8, 4) is 5.75 Å². The Bertz CT molecular complexity index is 839. The molecule has 0 aliphatic heterocycles. The Labute approximate surface area is 207 Å². The number of nitrogens with one attached hydrogen (secondary N) is 3. The third-order valence-corrected chi connectivity index (χ3v) is 5.85. The van der Waals surface area contributed by atoms with Crippen molar-refractivity contribution in [2.24, 2.45) is 5.73 Å². The number of phenols is 1. The van der Waals surface area contributed by atoms with E-state index in [1.54, 1.807) is 0 Å². The second-order valence-electron chi connectivity index (χ2n) is 7.63. The summed E-state index contributed by atoms with van der Waals surface area (Å²) in [6.07, 6.45) is 0.870. The zero-order valence-corrected chi connectivity index (χ0v) is 20.6. The van der Waals surface area contributed by atoms with Gasteiger partial charge in [0.2, 0.25) is 17.7 Å². The summed E-state index contributed by atoms with van der Waals surface area (Å²) in [5.41, 5.74) is 6.39. The molecule has 0 saturated carbocycles. The van der Waals surface area contributed by atoms with E-state index in [0.29, 0.717) is 17.7 Å². The molecule has 8 N–H and O–H groups in total. The van der Waals surface area contributed by atoms with E-state index in [0.717, 1.165) is 0 Å². The highest BCUT2D eigenvalue weighted by molar-refractivity contribution is 7.98. The molecule has 1 aromatic rings. The number of carboxylic acids is 1. The SMILES string of the molecule is CSCCC(N)C(=O)NC(C(=O)NC(Cc1ccc(O)cc1)C(=O)NC(CS)C(=O)O)C(C)O. The number of carboxylic acid groups (broad SMARTS) is 1. The van der Waals surface area contributed by atoms with Gasteiger partial charge in [0.05, 0.1) is 12.1 Å². The van der Waals surface area contributed by atoms with Crippen molar-refractivity contribution in [1.29, 1.82) is 0 Å². The summed E-state index contributed by atoms with van der Waals surface area (Å²) in [5.74, 6) is -3.12. The Hall–Kier alpha value is -2.48. The average Bonchev–Trinajstić information content (AvgIpc) is 2.79. The van der Waals surface area contributed by atoms with Gasteiger partial charge in [-0.3, -0.25) is 14.4 Å². The molecule has 0 radical (unpaired) electrons. The Morgan fingerprint density at radius 1 is 1.03 bits per heavy atom. The predicted octanol–water partition coefficient (Wildman–Crippen LogP) is -1.14. The number of aromatic hydroxyl groups is 1. The molecule has 0 bridgehead atoms. The van der Waals surface area contributed by atoms with Crippen LogP contribution in [0.1, 0.15) is 18.9 Å². The van der Waals surface area contributed by atoms with Crippen LogP contribution in [0, 0.1) is 0 Å². The third kappa shape index (κ3) is 9.79. The quantitative estimate of drug-likeness (QED) is 0.141. The fraction of sp³-hybridized carbons (Fsp3) is 0.524. The number of thioether (sulfide) groups is 1. The van der Waals surface area contributed by atoms with E-state index >= 15 is 0 Å². The van der Waals surface area contributed by atoms with E-state index in [1.807, 2.05) is 6.26 Å². The number of aliphatic hydroxyl groups excluding tert-OH is 1. The first-order chi connectivity index (χ1) is 16.0. The van der Waals surface area contributed by atoms with Gasteiger partial charge in [-0.1, -0.05) is 12.1 Å². The molecule has 190 valence electrons. The van der Waals surface area contributed by atoms with Crippen LogP contribution in [0.25, 0.3) is 0 Å². The van der Waals surface area contributed by atoms with Gasteiger partial charge in [-0.2, -0.15) is 24.4 Å². The smallest absolute Gasteiger partial charge is 0.327 e. The summed E-state index contributed by atoms with van der Waals surface area (Å²) in [7, 11) is 0. The summed E-state index contributed by atoms with van der Waals surface area (Å²) < 4.78 is 0. The molecule has 5 unspecified atom stereocenters. The molecule has 34 heavy (non-hydrogen) atoms. The molecular weight excluding hydrogens is 484 g/mol. The maximum Gasteiger partial charge on any atom is 0.327 e. The Kier molecular flexibility index (Phi) is 12.8. The molecule has 13 heteroatoms. The van der Waals surface area contributed by atoms with E-state index in [4.69, 9.17) is 5.73 Å². The van der Waals surface area contributed by atoms with Crippen LogP contribution in [-0.4, -0.2) is 87.0 Å². The van der Waals surface area contributed by atoms with Crippen LogP contribution in [0.2, 0.25) is 0 Å². The van der Waals surface area contributed by atoms with Crippen molar-refractivity contribution in [2.45, 2.75) is 50.0 Å². The minimum Gasteiger partial charge on any atom is -0.508 e. The van der Waals surface area contributed by atoms with Crippen molar-refractivity contribution < 1.29 is 34.5 Å². The van der Waals surface area contributed by atoms with Crippen LogP contribution in [-0.2, 0) is 25.6 Å². The second kappa shape index (κ2) is 14.7. The molecule has 1 aromatic carbocycles. The third-order valence-electron chi connectivity index (χ3n) is 4.84. The van der Waals surface area contributed by atoms with Crippen molar-refractivity contribution in [3.63, 3.8) is 0 Å². The maximum atomic E-state index is 12.9. The molecule has 0 heterocycles. The van der Waals surface area contributed by atoms with Crippen molar-refractivity contribution in [1.82, 2.24) is 16.0 Å². The molecule has 0 aliphatic rings. The number of carbonyl (C=O) groups excluding carboxylic acids is 3. The Morgan fingerprint density at radius 3 is 2.12 bits per heavy atom. The zero-order valence-electron chi connectivity index (χ0n) is 18.9. The normalized spacial score (nSPS) is 15.3. The summed E-state index contributed by atoms with van der Waals surface area (Å²) in [4.78, 5) is 49.4. The van der Waals surface area contributed by atoms with Gasteiger partial charge in [0.1, 0.15) is 23.9 Å². The highest BCUT2D eigenvalue weighted by Crippen LogP contribution is 2.12. The minimum absolute atomic E-state index is 0.00416. The Morgan fingerprint density at radius 2 is 1.62 bits per heavy atom. The standard InChI is InChI=1S/C21H32N4O7S2/c1-11(26)17(25-18(28)14(22)7-8-34-2)20(30)23-15(9-12-3-5-13(27)6-4-12)19(29)24-16(10-33)21(31)32/h3-6,11,14-17,26-27,33H,7-10,22H2,1-2H3,(H,23,30)(H,24,29)(H,25,28)(H,31,32). The molecular formula is C21H32N4O7S2. The molecule has 0 spiro atoms. The van der Waals surface area contributed by atoms with E-state index in [2.05, 4.69) is 28.6 Å². The molecule has 11 nitrogen and oxygen atoms in total. The van der Waals surface area contributed by atoms with Gasteiger partial charge in [-0.05, 0) is 43.0 Å². The zero-order chi connectivity index (χ0) is 25.8. The van der Waals surface area contributed by atoms with Crippen LogP contribution in [0.15, 0.2) is 24.3 Å². The van der Waals surface area contributed by atoms with Gasteiger partial charge < -0.3 is 37.0 Å². The first kappa shape index (κ1) is 29.6. The van der Waals surface area contributed by atoms with E-state index < -0.39 is 54.0 Å². The topological polar surface area (TPSA) is 191 Å². The van der Waals surface area contributed by atoms with Gasteiger partial charge in [0.15, 0.2) is 0 Å². The number of hydrogen-bond donors (Lipinski definition) is 8. The van der Waals surface area contributed by atoms with E-state index in [-0.39, 0.29) is 17.9 Å². The number of carbonyl (C=O) groups is 4. The number of benzene rings is 1. The molecule has 0 aromatic heterocycles. The van der Waals surface area contributed by atoms with Gasteiger partial charge in [0, 0.05) is 12.2 Å². The lowest BCUT2D eigenvalue weighted by Crippen LogP contribution is -2.60. The number of aliphatic carboxylic acids is 1. The summed E-state index contributed by atoms with van der Waals surface area (Å²) >= 11 is 5.42. The van der Waals surface area contributed by atoms with Gasteiger partial charge >= 0.3 is 5.97 Å². The van der Waals surface area contributed by atoms with Crippen LogP contribution < -0.4 is 21.7 Å². The fourth-order valence-electron chi connectivity index (χ4n) is 2.84. The largest absolute Gasteiger partial charge is 0.508 e. The van der Waals surface area contributed by atoms with E-state index in [9.17, 15) is 34.5 Å². The lowest BCUT2D eigenvalue weighted by molar-refractivity contribution is -0.141. The second-order valence-corrected chi connectivity index (χ2v) is 8.98. The minimum atomic E-state index is -1.40. The number of hydrogen-bond acceptors (Lipinski definition) is 9.